The number of terminal acetylenes is 1. The lowest BCUT2D eigenvalue weighted by Crippen LogP contribution is -2.33. The standard InChI is InChI=1S/C12H9BrClN3O/c1-2-5-17-10(11(15)16-12(17)18)8-4-3-7(14)6-9(8)13/h1,3-4,6,10H,5H2,(H2,15,16,18). The average molecular weight is 327 g/mol. The molecule has 0 aromatic heterocycles. The number of amides is 2. The van der Waals surface area contributed by atoms with E-state index in [1.165, 1.54) is 4.90 Å². The van der Waals surface area contributed by atoms with Crippen molar-refractivity contribution in [3.63, 3.8) is 0 Å². The summed E-state index contributed by atoms with van der Waals surface area (Å²) in [6.45, 7) is 0.156. The fraction of sp³-hybridized carbons (Fsp3) is 0.167. The number of hydrogen-bond acceptors (Lipinski definition) is 2. The Morgan fingerprint density at radius 3 is 2.94 bits per heavy atom. The summed E-state index contributed by atoms with van der Waals surface area (Å²) in [4.78, 5) is 16.8. The van der Waals surface area contributed by atoms with Gasteiger partial charge in [-0.2, -0.15) is 4.99 Å². The molecule has 2 N–H and O–H groups in total. The van der Waals surface area contributed by atoms with E-state index in [0.717, 1.165) is 10.0 Å². The van der Waals surface area contributed by atoms with E-state index in [0.29, 0.717) is 5.02 Å². The number of carbonyl (C=O) groups is 1. The van der Waals surface area contributed by atoms with Crippen LogP contribution in [0.1, 0.15) is 11.6 Å². The van der Waals surface area contributed by atoms with Crippen LogP contribution in [0.15, 0.2) is 27.7 Å². The monoisotopic (exact) mass is 325 g/mol. The van der Waals surface area contributed by atoms with Gasteiger partial charge in [0.2, 0.25) is 0 Å². The van der Waals surface area contributed by atoms with Crippen molar-refractivity contribution in [2.45, 2.75) is 6.04 Å². The minimum absolute atomic E-state index is 0.156. The first kappa shape index (κ1) is 12.9. The number of aliphatic imine (C=N–C) groups is 1. The quantitative estimate of drug-likeness (QED) is 0.849. The van der Waals surface area contributed by atoms with Gasteiger partial charge < -0.3 is 5.73 Å². The van der Waals surface area contributed by atoms with E-state index >= 15 is 0 Å². The third kappa shape index (κ3) is 2.22. The van der Waals surface area contributed by atoms with Crippen LogP contribution in [-0.4, -0.2) is 23.3 Å². The number of rotatable bonds is 2. The zero-order chi connectivity index (χ0) is 13.3. The number of nitrogens with zero attached hydrogens (tertiary/aromatic N) is 2. The SMILES string of the molecule is C#CCN1C(=O)N=C(N)C1c1ccc(Cl)cc1Br. The fourth-order valence-electron chi connectivity index (χ4n) is 1.81. The molecule has 0 saturated heterocycles. The lowest BCUT2D eigenvalue weighted by atomic mass is 10.1. The molecule has 4 nitrogen and oxygen atoms in total. The van der Waals surface area contributed by atoms with Crippen molar-refractivity contribution in [2.75, 3.05) is 6.54 Å². The summed E-state index contributed by atoms with van der Waals surface area (Å²) in [6, 6.07) is 4.39. The minimum Gasteiger partial charge on any atom is -0.385 e. The van der Waals surface area contributed by atoms with E-state index in [2.05, 4.69) is 26.8 Å². The van der Waals surface area contributed by atoms with Gasteiger partial charge in [-0.1, -0.05) is 39.5 Å². The van der Waals surface area contributed by atoms with Gasteiger partial charge in [-0.15, -0.1) is 6.42 Å². The molecule has 1 unspecified atom stereocenters. The van der Waals surface area contributed by atoms with Crippen LogP contribution in [0, 0.1) is 12.3 Å². The average Bonchev–Trinajstić information content (AvgIpc) is 2.56. The first-order valence-electron chi connectivity index (χ1n) is 5.07. The van der Waals surface area contributed by atoms with Gasteiger partial charge in [0.1, 0.15) is 11.9 Å². The number of halogens is 2. The zero-order valence-corrected chi connectivity index (χ0v) is 11.6. The van der Waals surface area contributed by atoms with Crippen molar-refractivity contribution in [3.05, 3.63) is 33.3 Å². The highest BCUT2D eigenvalue weighted by Gasteiger charge is 2.35. The maximum Gasteiger partial charge on any atom is 0.346 e. The van der Waals surface area contributed by atoms with Crippen LogP contribution in [0.2, 0.25) is 5.02 Å². The molecule has 1 aromatic carbocycles. The summed E-state index contributed by atoms with van der Waals surface area (Å²) in [7, 11) is 0. The fourth-order valence-corrected chi connectivity index (χ4v) is 2.71. The molecule has 0 aliphatic carbocycles. The van der Waals surface area contributed by atoms with Crippen molar-refractivity contribution in [1.29, 1.82) is 0 Å². The van der Waals surface area contributed by atoms with Crippen LogP contribution in [0.5, 0.6) is 0 Å². The molecule has 1 heterocycles. The number of amidine groups is 1. The first-order valence-corrected chi connectivity index (χ1v) is 6.24. The molecule has 0 fully saturated rings. The van der Waals surface area contributed by atoms with Gasteiger partial charge >= 0.3 is 6.03 Å². The van der Waals surface area contributed by atoms with Gasteiger partial charge in [-0.05, 0) is 17.7 Å². The van der Waals surface area contributed by atoms with Crippen molar-refractivity contribution in [3.8, 4) is 12.3 Å². The zero-order valence-electron chi connectivity index (χ0n) is 9.23. The maximum atomic E-state index is 11.7. The molecular weight excluding hydrogens is 318 g/mol. The number of benzene rings is 1. The van der Waals surface area contributed by atoms with Gasteiger partial charge in [0.25, 0.3) is 0 Å². The summed E-state index contributed by atoms with van der Waals surface area (Å²) < 4.78 is 0.759. The second-order valence-corrected chi connectivity index (χ2v) is 5.01. The Morgan fingerprint density at radius 1 is 1.61 bits per heavy atom. The van der Waals surface area contributed by atoms with Crippen LogP contribution >= 0.6 is 27.5 Å². The molecule has 1 atom stereocenters. The molecule has 6 heteroatoms. The molecule has 0 bridgehead atoms. The predicted octanol–water partition coefficient (Wildman–Crippen LogP) is 2.57. The molecule has 1 aromatic rings. The minimum atomic E-state index is -0.444. The van der Waals surface area contributed by atoms with E-state index < -0.39 is 12.1 Å². The van der Waals surface area contributed by atoms with E-state index in [1.54, 1.807) is 18.2 Å². The Bertz CT molecular complexity index is 579. The third-order valence-corrected chi connectivity index (χ3v) is 3.50. The van der Waals surface area contributed by atoms with Crippen molar-refractivity contribution >= 4 is 39.4 Å². The topological polar surface area (TPSA) is 58.7 Å². The molecule has 1 aliphatic heterocycles. The lowest BCUT2D eigenvalue weighted by Gasteiger charge is -2.23. The van der Waals surface area contributed by atoms with Gasteiger partial charge in [0.05, 0.1) is 6.54 Å². The van der Waals surface area contributed by atoms with Crippen molar-refractivity contribution in [2.24, 2.45) is 10.7 Å². The molecule has 92 valence electrons. The van der Waals surface area contributed by atoms with Crippen LogP contribution in [0.4, 0.5) is 4.79 Å². The van der Waals surface area contributed by atoms with Gasteiger partial charge in [-0.25, -0.2) is 4.79 Å². The summed E-state index contributed by atoms with van der Waals surface area (Å²) >= 11 is 9.28. The Hall–Kier alpha value is -1.51. The molecule has 0 saturated carbocycles. The molecule has 0 radical (unpaired) electrons. The van der Waals surface area contributed by atoms with Gasteiger partial charge in [-0.3, -0.25) is 4.90 Å². The van der Waals surface area contributed by atoms with E-state index in [1.807, 2.05) is 0 Å². The predicted molar refractivity (Wildman–Crippen MR) is 74.5 cm³/mol. The van der Waals surface area contributed by atoms with Gasteiger partial charge in [0.15, 0.2) is 0 Å². The Labute approximate surface area is 118 Å². The molecule has 1 aliphatic rings. The normalized spacial score (nSPS) is 18.7. The molecule has 0 spiro atoms. The van der Waals surface area contributed by atoms with Gasteiger partial charge in [0, 0.05) is 9.50 Å². The highest BCUT2D eigenvalue weighted by molar-refractivity contribution is 9.10. The number of hydrogen-bond donors (Lipinski definition) is 1. The third-order valence-electron chi connectivity index (χ3n) is 2.58. The molecule has 2 amide bonds. The van der Waals surface area contributed by atoms with Crippen LogP contribution < -0.4 is 5.73 Å². The first-order chi connectivity index (χ1) is 8.54. The number of nitrogens with two attached hydrogens (primary N) is 1. The highest BCUT2D eigenvalue weighted by atomic mass is 79.9. The summed E-state index contributed by atoms with van der Waals surface area (Å²) in [5.41, 5.74) is 6.60. The second kappa shape index (κ2) is 5.01. The maximum absolute atomic E-state index is 11.7. The highest BCUT2D eigenvalue weighted by Crippen LogP contribution is 2.33. The van der Waals surface area contributed by atoms with E-state index in [9.17, 15) is 4.79 Å². The molecule has 2 rings (SSSR count). The van der Waals surface area contributed by atoms with Crippen molar-refractivity contribution < 1.29 is 4.79 Å². The Balaban J connectivity index is 2.45. The van der Waals surface area contributed by atoms with Crippen LogP contribution in [0.3, 0.4) is 0 Å². The van der Waals surface area contributed by atoms with Crippen LogP contribution in [0.25, 0.3) is 0 Å². The Kier molecular flexibility index (Phi) is 3.60. The van der Waals surface area contributed by atoms with E-state index in [4.69, 9.17) is 23.8 Å². The summed E-state index contributed by atoms with van der Waals surface area (Å²) in [6.07, 6.45) is 5.25. The molecule has 18 heavy (non-hydrogen) atoms. The second-order valence-electron chi connectivity index (χ2n) is 3.72. The lowest BCUT2D eigenvalue weighted by molar-refractivity contribution is 0.213. The number of urea groups is 1. The summed E-state index contributed by atoms with van der Waals surface area (Å²) in [5, 5.41) is 0.592. The largest absolute Gasteiger partial charge is 0.385 e. The van der Waals surface area contributed by atoms with Crippen molar-refractivity contribution in [1.82, 2.24) is 4.90 Å². The number of carbonyl (C=O) groups excluding carboxylic acids is 1. The molecular formula is C12H9BrClN3O. The van der Waals surface area contributed by atoms with Crippen LogP contribution in [-0.2, 0) is 0 Å². The Morgan fingerprint density at radius 2 is 2.33 bits per heavy atom. The van der Waals surface area contributed by atoms with E-state index in [-0.39, 0.29) is 12.4 Å². The summed E-state index contributed by atoms with van der Waals surface area (Å²) in [5.74, 6) is 2.66. The smallest absolute Gasteiger partial charge is 0.346 e.